The lowest BCUT2D eigenvalue weighted by atomic mass is 9.91. The standard InChI is InChI=1S/C25H39N3O5S/c1-5-7-9-17(3)14-18(4)15-22(29)28-13-8-10-21(28)23(30)26-25(16-19(25)6-2)24(31)27-34(32,33)20-11-12-20/h5-6,17-21H,1-2,7-16H2,3-4H3,(H,26,30)(H,27,31)/t17?,18-,19-,21+,25-/m1/s1. The SMILES string of the molecule is C=CCCC(C)C[C@@H](C)CC(=O)N1CCC[C@H]1C(=O)N[C@]1(C(=O)NS(=O)(=O)C2CC2)C[C@H]1C=C. The highest BCUT2D eigenvalue weighted by Gasteiger charge is 2.61. The van der Waals surface area contributed by atoms with Crippen LogP contribution < -0.4 is 10.0 Å². The average molecular weight is 494 g/mol. The molecule has 0 aromatic carbocycles. The van der Waals surface area contributed by atoms with Gasteiger partial charge >= 0.3 is 0 Å². The van der Waals surface area contributed by atoms with Gasteiger partial charge in [-0.3, -0.25) is 19.1 Å². The van der Waals surface area contributed by atoms with Gasteiger partial charge in [-0.15, -0.1) is 13.2 Å². The van der Waals surface area contributed by atoms with Crippen molar-refractivity contribution in [2.45, 2.75) is 88.5 Å². The molecule has 0 spiro atoms. The number of nitrogens with one attached hydrogen (secondary N) is 2. The number of carbonyl (C=O) groups excluding carboxylic acids is 3. The third-order valence-corrected chi connectivity index (χ3v) is 9.14. The monoisotopic (exact) mass is 493 g/mol. The molecule has 1 unspecified atom stereocenters. The van der Waals surface area contributed by atoms with Gasteiger partial charge in [0.2, 0.25) is 21.8 Å². The summed E-state index contributed by atoms with van der Waals surface area (Å²) < 4.78 is 26.7. The molecule has 2 N–H and O–H groups in total. The van der Waals surface area contributed by atoms with Crippen molar-refractivity contribution >= 4 is 27.7 Å². The highest BCUT2D eigenvalue weighted by molar-refractivity contribution is 7.91. The van der Waals surface area contributed by atoms with Gasteiger partial charge in [-0.2, -0.15) is 0 Å². The zero-order chi connectivity index (χ0) is 25.1. The Morgan fingerprint density at radius 2 is 1.85 bits per heavy atom. The third-order valence-electron chi connectivity index (χ3n) is 7.32. The molecule has 2 aliphatic carbocycles. The molecule has 0 radical (unpaired) electrons. The van der Waals surface area contributed by atoms with Crippen molar-refractivity contribution in [1.82, 2.24) is 14.9 Å². The maximum Gasteiger partial charge on any atom is 0.259 e. The lowest BCUT2D eigenvalue weighted by Crippen LogP contribution is -2.56. The van der Waals surface area contributed by atoms with Gasteiger partial charge in [-0.05, 0) is 63.2 Å². The minimum absolute atomic E-state index is 0.0491. The number of amides is 3. The quantitative estimate of drug-likeness (QED) is 0.383. The molecule has 1 aliphatic heterocycles. The maximum absolute atomic E-state index is 13.2. The maximum atomic E-state index is 13.2. The number of allylic oxidation sites excluding steroid dienone is 1. The molecule has 0 aromatic heterocycles. The molecule has 1 saturated heterocycles. The van der Waals surface area contributed by atoms with Gasteiger partial charge in [0.05, 0.1) is 5.25 Å². The molecule has 190 valence electrons. The number of hydrogen-bond acceptors (Lipinski definition) is 5. The van der Waals surface area contributed by atoms with Crippen LogP contribution in [-0.4, -0.2) is 54.4 Å². The minimum atomic E-state index is -3.72. The van der Waals surface area contributed by atoms with Crippen LogP contribution in [0.2, 0.25) is 0 Å². The molecule has 1 heterocycles. The Kier molecular flexibility index (Phi) is 8.26. The summed E-state index contributed by atoms with van der Waals surface area (Å²) in [5.74, 6) is -0.804. The van der Waals surface area contributed by atoms with Gasteiger partial charge < -0.3 is 10.2 Å². The fourth-order valence-corrected chi connectivity index (χ4v) is 6.43. The minimum Gasteiger partial charge on any atom is -0.339 e. The first-order chi connectivity index (χ1) is 16.0. The van der Waals surface area contributed by atoms with Gasteiger partial charge in [0.15, 0.2) is 0 Å². The molecule has 0 aromatic rings. The average Bonchev–Trinajstić information content (AvgIpc) is 3.68. The van der Waals surface area contributed by atoms with Crippen LogP contribution in [0.4, 0.5) is 0 Å². The summed E-state index contributed by atoms with van der Waals surface area (Å²) in [4.78, 5) is 40.7. The summed E-state index contributed by atoms with van der Waals surface area (Å²) in [5, 5.41) is 2.26. The Bertz CT molecular complexity index is 929. The predicted molar refractivity (Wildman–Crippen MR) is 131 cm³/mol. The van der Waals surface area contributed by atoms with E-state index in [1.807, 2.05) is 6.08 Å². The lowest BCUT2D eigenvalue weighted by Gasteiger charge is -2.28. The van der Waals surface area contributed by atoms with Crippen LogP contribution in [-0.2, 0) is 24.4 Å². The number of carbonyl (C=O) groups is 3. The first-order valence-electron chi connectivity index (χ1n) is 12.4. The van der Waals surface area contributed by atoms with Crippen molar-refractivity contribution < 1.29 is 22.8 Å². The zero-order valence-electron chi connectivity index (χ0n) is 20.4. The number of nitrogens with zero attached hydrogens (tertiary/aromatic N) is 1. The molecule has 3 aliphatic rings. The summed E-state index contributed by atoms with van der Waals surface area (Å²) in [6, 6.07) is -0.645. The van der Waals surface area contributed by atoms with Crippen molar-refractivity contribution in [2.75, 3.05) is 6.54 Å². The van der Waals surface area contributed by atoms with E-state index in [1.165, 1.54) is 0 Å². The van der Waals surface area contributed by atoms with E-state index >= 15 is 0 Å². The molecule has 5 atom stereocenters. The Morgan fingerprint density at radius 3 is 2.44 bits per heavy atom. The summed E-state index contributed by atoms with van der Waals surface area (Å²) in [6.45, 7) is 12.2. The first-order valence-corrected chi connectivity index (χ1v) is 14.0. The molecule has 2 saturated carbocycles. The zero-order valence-corrected chi connectivity index (χ0v) is 21.2. The van der Waals surface area contributed by atoms with Gasteiger partial charge in [0.1, 0.15) is 11.6 Å². The van der Waals surface area contributed by atoms with Crippen molar-refractivity contribution in [2.24, 2.45) is 17.8 Å². The molecule has 9 heteroatoms. The second-order valence-electron chi connectivity index (χ2n) is 10.4. The van der Waals surface area contributed by atoms with Crippen LogP contribution in [0.1, 0.15) is 71.6 Å². The molecule has 3 rings (SSSR count). The Labute approximate surface area is 203 Å². The lowest BCUT2D eigenvalue weighted by molar-refractivity contribution is -0.140. The topological polar surface area (TPSA) is 113 Å². The van der Waals surface area contributed by atoms with E-state index in [1.54, 1.807) is 11.0 Å². The molecule has 8 nitrogen and oxygen atoms in total. The Morgan fingerprint density at radius 1 is 1.15 bits per heavy atom. The summed E-state index contributed by atoms with van der Waals surface area (Å²) in [6.07, 6.45) is 9.41. The Hall–Kier alpha value is -2.16. The summed E-state index contributed by atoms with van der Waals surface area (Å²) in [7, 11) is -3.72. The van der Waals surface area contributed by atoms with E-state index in [0.29, 0.717) is 51.0 Å². The number of likely N-dealkylation sites (tertiary alicyclic amines) is 1. The molecule has 0 bridgehead atoms. The van der Waals surface area contributed by atoms with E-state index in [9.17, 15) is 22.8 Å². The van der Waals surface area contributed by atoms with Gasteiger partial charge in [0, 0.05) is 18.9 Å². The van der Waals surface area contributed by atoms with Crippen molar-refractivity contribution in [3.8, 4) is 0 Å². The summed E-state index contributed by atoms with van der Waals surface area (Å²) >= 11 is 0. The van der Waals surface area contributed by atoms with E-state index in [0.717, 1.165) is 19.3 Å². The molecule has 3 fully saturated rings. The van der Waals surface area contributed by atoms with Gasteiger partial charge in [0.25, 0.3) is 5.91 Å². The third kappa shape index (κ3) is 6.09. The second kappa shape index (κ2) is 10.6. The van der Waals surface area contributed by atoms with Crippen LogP contribution in [0.25, 0.3) is 0 Å². The molecular formula is C25H39N3O5S. The van der Waals surface area contributed by atoms with Crippen LogP contribution in [0.15, 0.2) is 25.3 Å². The van der Waals surface area contributed by atoms with Crippen LogP contribution in [0, 0.1) is 17.8 Å². The number of rotatable bonds is 13. The molecule has 3 amide bonds. The first kappa shape index (κ1) is 26.4. The van der Waals surface area contributed by atoms with E-state index < -0.39 is 38.7 Å². The van der Waals surface area contributed by atoms with E-state index in [-0.39, 0.29) is 17.7 Å². The molecular weight excluding hydrogens is 454 g/mol. The highest BCUT2D eigenvalue weighted by Crippen LogP contribution is 2.45. The van der Waals surface area contributed by atoms with Crippen molar-refractivity contribution in [3.63, 3.8) is 0 Å². The predicted octanol–water partition coefficient (Wildman–Crippen LogP) is 2.67. The smallest absolute Gasteiger partial charge is 0.259 e. The fraction of sp³-hybridized carbons (Fsp3) is 0.720. The fourth-order valence-electron chi connectivity index (χ4n) is 5.06. The number of hydrogen-bond donors (Lipinski definition) is 2. The van der Waals surface area contributed by atoms with E-state index in [4.69, 9.17) is 0 Å². The largest absolute Gasteiger partial charge is 0.339 e. The summed E-state index contributed by atoms with van der Waals surface area (Å²) in [5.41, 5.74) is -1.31. The van der Waals surface area contributed by atoms with Gasteiger partial charge in [-0.1, -0.05) is 26.0 Å². The Balaban J connectivity index is 1.60. The van der Waals surface area contributed by atoms with Crippen molar-refractivity contribution in [1.29, 1.82) is 0 Å². The van der Waals surface area contributed by atoms with Crippen LogP contribution in [0.3, 0.4) is 0 Å². The van der Waals surface area contributed by atoms with Gasteiger partial charge in [-0.25, -0.2) is 8.42 Å². The van der Waals surface area contributed by atoms with Crippen LogP contribution >= 0.6 is 0 Å². The van der Waals surface area contributed by atoms with Crippen LogP contribution in [0.5, 0.6) is 0 Å². The number of sulfonamides is 1. The second-order valence-corrected chi connectivity index (χ2v) is 12.4. The molecule has 34 heavy (non-hydrogen) atoms. The normalized spacial score (nSPS) is 28.0. The van der Waals surface area contributed by atoms with E-state index in [2.05, 4.69) is 37.0 Å². The van der Waals surface area contributed by atoms with Crippen molar-refractivity contribution in [3.05, 3.63) is 25.3 Å². The highest BCUT2D eigenvalue weighted by atomic mass is 32.2.